The largest absolute Gasteiger partial charge is 0.425 e. The molecule has 0 aliphatic heterocycles. The van der Waals surface area contributed by atoms with Gasteiger partial charge in [-0.25, -0.2) is 0 Å². The number of rotatable bonds is 1. The molecule has 3 aromatic heterocycles. The average Bonchev–Trinajstić information content (AvgIpc) is 3.50. The van der Waals surface area contributed by atoms with E-state index in [4.69, 9.17) is 8.83 Å². The first-order valence-corrected chi connectivity index (χ1v) is 11.1. The van der Waals surface area contributed by atoms with Crippen molar-refractivity contribution in [1.82, 2.24) is 4.57 Å². The van der Waals surface area contributed by atoms with Crippen LogP contribution in [0.25, 0.3) is 71.4 Å². The Hall–Kier alpha value is -4.50. The van der Waals surface area contributed by atoms with E-state index in [1.807, 2.05) is 18.2 Å². The lowest BCUT2D eigenvalue weighted by Gasteiger charge is -2.13. The molecule has 8 rings (SSSR count). The molecule has 0 saturated heterocycles. The molecular weight excluding hydrogens is 406 g/mol. The highest BCUT2D eigenvalue weighted by molar-refractivity contribution is 6.26. The fourth-order valence-corrected chi connectivity index (χ4v) is 5.43. The molecule has 8 aromatic rings. The van der Waals surface area contributed by atoms with Gasteiger partial charge in [0.15, 0.2) is 0 Å². The molecule has 154 valence electrons. The van der Waals surface area contributed by atoms with Gasteiger partial charge in [-0.05, 0) is 34.4 Å². The number of benzene rings is 5. The van der Waals surface area contributed by atoms with Crippen molar-refractivity contribution in [3.05, 3.63) is 103 Å². The van der Waals surface area contributed by atoms with E-state index in [0.717, 1.165) is 44.0 Å². The third kappa shape index (κ3) is 2.14. The van der Waals surface area contributed by atoms with Crippen LogP contribution in [0.4, 0.5) is 0 Å². The summed E-state index contributed by atoms with van der Waals surface area (Å²) < 4.78 is 14.8. The Morgan fingerprint density at radius 1 is 0.515 bits per heavy atom. The molecule has 0 N–H and O–H groups in total. The summed E-state index contributed by atoms with van der Waals surface area (Å²) in [5, 5.41) is 9.27. The van der Waals surface area contributed by atoms with Crippen LogP contribution < -0.4 is 0 Å². The molecule has 0 spiro atoms. The molecule has 3 nitrogen and oxygen atoms in total. The van der Waals surface area contributed by atoms with Crippen molar-refractivity contribution >= 4 is 65.7 Å². The van der Waals surface area contributed by atoms with Gasteiger partial charge in [-0.1, -0.05) is 84.9 Å². The molecule has 5 aromatic carbocycles. The van der Waals surface area contributed by atoms with E-state index < -0.39 is 0 Å². The standard InChI is InChI=1S/C30H17NO2/c1-2-10-19-18(9-1)17-25(21-12-4-3-11-20(19)21)31-24-15-7-5-13-22(24)27-28-23-14-6-8-16-26(23)32-30(28)33-29(27)31/h1-17H. The van der Waals surface area contributed by atoms with Crippen molar-refractivity contribution < 1.29 is 8.83 Å². The fourth-order valence-electron chi connectivity index (χ4n) is 5.43. The molecule has 0 unspecified atom stereocenters. The van der Waals surface area contributed by atoms with Crippen LogP contribution in [0.3, 0.4) is 0 Å². The first-order valence-electron chi connectivity index (χ1n) is 11.1. The van der Waals surface area contributed by atoms with Gasteiger partial charge in [-0.3, -0.25) is 4.57 Å². The fraction of sp³-hybridized carbons (Fsp3) is 0. The van der Waals surface area contributed by atoms with E-state index in [2.05, 4.69) is 89.5 Å². The van der Waals surface area contributed by atoms with Gasteiger partial charge < -0.3 is 8.83 Å². The summed E-state index contributed by atoms with van der Waals surface area (Å²) in [6.07, 6.45) is 0. The van der Waals surface area contributed by atoms with Crippen LogP contribution in [-0.2, 0) is 0 Å². The highest BCUT2D eigenvalue weighted by Gasteiger charge is 2.24. The minimum atomic E-state index is 0.575. The van der Waals surface area contributed by atoms with Gasteiger partial charge in [-0.15, -0.1) is 0 Å². The maximum Gasteiger partial charge on any atom is 0.300 e. The number of fused-ring (bicyclic) bond motifs is 10. The molecule has 0 bridgehead atoms. The number of para-hydroxylation sites is 2. The zero-order valence-electron chi connectivity index (χ0n) is 17.6. The van der Waals surface area contributed by atoms with Gasteiger partial charge in [0.05, 0.1) is 22.0 Å². The van der Waals surface area contributed by atoms with Crippen molar-refractivity contribution in [3.8, 4) is 5.69 Å². The van der Waals surface area contributed by atoms with Crippen LogP contribution in [0.1, 0.15) is 0 Å². The lowest BCUT2D eigenvalue weighted by atomic mass is 10.00. The lowest BCUT2D eigenvalue weighted by Crippen LogP contribution is -1.95. The number of aromatic nitrogens is 1. The molecular formula is C30H17NO2. The highest BCUT2D eigenvalue weighted by atomic mass is 16.5. The third-order valence-corrected chi connectivity index (χ3v) is 6.82. The summed E-state index contributed by atoms with van der Waals surface area (Å²) >= 11 is 0. The Bertz CT molecular complexity index is 2030. The molecule has 33 heavy (non-hydrogen) atoms. The van der Waals surface area contributed by atoms with Crippen LogP contribution in [0, 0.1) is 0 Å². The van der Waals surface area contributed by atoms with Crippen molar-refractivity contribution in [3.63, 3.8) is 0 Å². The quantitative estimate of drug-likeness (QED) is 0.248. The van der Waals surface area contributed by atoms with Crippen molar-refractivity contribution in [2.45, 2.75) is 0 Å². The summed E-state index contributed by atoms with van der Waals surface area (Å²) in [4.78, 5) is 0. The van der Waals surface area contributed by atoms with Crippen molar-refractivity contribution in [1.29, 1.82) is 0 Å². The topological polar surface area (TPSA) is 31.2 Å². The first-order chi connectivity index (χ1) is 16.4. The van der Waals surface area contributed by atoms with Crippen LogP contribution in [0.5, 0.6) is 0 Å². The van der Waals surface area contributed by atoms with Crippen LogP contribution in [-0.4, -0.2) is 4.57 Å². The average molecular weight is 423 g/mol. The van der Waals surface area contributed by atoms with E-state index in [1.165, 1.54) is 21.5 Å². The number of hydrogen-bond donors (Lipinski definition) is 0. The van der Waals surface area contributed by atoms with Gasteiger partial charge in [0.25, 0.3) is 0 Å². The number of hydrogen-bond acceptors (Lipinski definition) is 2. The van der Waals surface area contributed by atoms with Crippen LogP contribution in [0.15, 0.2) is 112 Å². The number of nitrogens with zero attached hydrogens (tertiary/aromatic N) is 1. The van der Waals surface area contributed by atoms with Crippen LogP contribution >= 0.6 is 0 Å². The molecule has 0 aliphatic rings. The summed E-state index contributed by atoms with van der Waals surface area (Å²) in [6.45, 7) is 0. The highest BCUT2D eigenvalue weighted by Crippen LogP contribution is 2.44. The SMILES string of the molecule is c1ccc2c(c1)cc(-n1c3ccccc3c3c4c(oc5ccccc54)oc31)c1ccccc12. The van der Waals surface area contributed by atoms with E-state index in [0.29, 0.717) is 5.78 Å². The Labute approximate surface area is 188 Å². The zero-order valence-corrected chi connectivity index (χ0v) is 17.6. The Morgan fingerprint density at radius 3 is 2.06 bits per heavy atom. The Balaban J connectivity index is 1.62. The zero-order chi connectivity index (χ0) is 21.5. The molecule has 0 aliphatic carbocycles. The minimum Gasteiger partial charge on any atom is -0.425 e. The normalized spacial score (nSPS) is 12.2. The predicted octanol–water partition coefficient (Wildman–Crippen LogP) is 8.58. The molecule has 0 fully saturated rings. The molecule has 0 amide bonds. The third-order valence-electron chi connectivity index (χ3n) is 6.82. The summed E-state index contributed by atoms with van der Waals surface area (Å²) in [7, 11) is 0. The second-order valence-electron chi connectivity index (χ2n) is 8.56. The minimum absolute atomic E-state index is 0.575. The Kier molecular flexibility index (Phi) is 3.14. The van der Waals surface area contributed by atoms with Crippen molar-refractivity contribution in [2.24, 2.45) is 0 Å². The van der Waals surface area contributed by atoms with Gasteiger partial charge >= 0.3 is 5.78 Å². The van der Waals surface area contributed by atoms with Crippen molar-refractivity contribution in [2.75, 3.05) is 0 Å². The van der Waals surface area contributed by atoms with E-state index >= 15 is 0 Å². The van der Waals surface area contributed by atoms with Gasteiger partial charge in [-0.2, -0.15) is 0 Å². The molecule has 0 atom stereocenters. The van der Waals surface area contributed by atoms with E-state index in [9.17, 15) is 0 Å². The lowest BCUT2D eigenvalue weighted by molar-refractivity contribution is 0.516. The maximum absolute atomic E-state index is 6.47. The second kappa shape index (κ2) is 6.05. The van der Waals surface area contributed by atoms with Crippen LogP contribution in [0.2, 0.25) is 0 Å². The monoisotopic (exact) mass is 423 g/mol. The summed E-state index contributed by atoms with van der Waals surface area (Å²) in [5.74, 6) is 0.575. The summed E-state index contributed by atoms with van der Waals surface area (Å²) in [5.41, 5.74) is 3.90. The molecule has 0 radical (unpaired) electrons. The van der Waals surface area contributed by atoms with Gasteiger partial charge in [0, 0.05) is 16.2 Å². The molecule has 3 heterocycles. The first kappa shape index (κ1) is 17.1. The van der Waals surface area contributed by atoms with Gasteiger partial charge in [0.1, 0.15) is 5.58 Å². The molecule has 0 saturated carbocycles. The molecule has 3 heteroatoms. The van der Waals surface area contributed by atoms with Gasteiger partial charge in [0.2, 0.25) is 5.71 Å². The Morgan fingerprint density at radius 2 is 1.18 bits per heavy atom. The second-order valence-corrected chi connectivity index (χ2v) is 8.56. The predicted molar refractivity (Wildman–Crippen MR) is 135 cm³/mol. The van der Waals surface area contributed by atoms with E-state index in [-0.39, 0.29) is 0 Å². The summed E-state index contributed by atoms with van der Waals surface area (Å²) in [6, 6.07) is 36.1. The van der Waals surface area contributed by atoms with E-state index in [1.54, 1.807) is 0 Å². The maximum atomic E-state index is 6.47. The smallest absolute Gasteiger partial charge is 0.300 e. The number of furan rings is 2.